The predicted octanol–water partition coefficient (Wildman–Crippen LogP) is 2.81. The minimum atomic E-state index is -5.24. The Kier molecular flexibility index (Phi) is 4.97. The summed E-state index contributed by atoms with van der Waals surface area (Å²) in [5.74, 6) is -2.66. The molecule has 2 N–H and O–H groups in total. The first kappa shape index (κ1) is 20.0. The molecule has 1 saturated heterocycles. The van der Waals surface area contributed by atoms with E-state index in [-0.39, 0.29) is 10.6 Å². The third kappa shape index (κ3) is 3.48. The van der Waals surface area contributed by atoms with Gasteiger partial charge in [-0.2, -0.15) is 13.2 Å². The van der Waals surface area contributed by atoms with Crippen LogP contribution in [0, 0.1) is 5.41 Å². The van der Waals surface area contributed by atoms with Crippen molar-refractivity contribution in [3.63, 3.8) is 0 Å². The van der Waals surface area contributed by atoms with Crippen LogP contribution in [0.1, 0.15) is 26.3 Å². The van der Waals surface area contributed by atoms with Crippen LogP contribution in [0.2, 0.25) is 5.02 Å². The Bertz CT molecular complexity index is 761. The molecule has 1 aromatic rings. The van der Waals surface area contributed by atoms with Crippen molar-refractivity contribution in [2.45, 2.75) is 39.2 Å². The average molecular weight is 392 g/mol. The Morgan fingerprint density at radius 3 is 2.31 bits per heavy atom. The monoisotopic (exact) mass is 391 g/mol. The van der Waals surface area contributed by atoms with Crippen LogP contribution in [0.3, 0.4) is 0 Å². The molecule has 2 rings (SSSR count). The van der Waals surface area contributed by atoms with Crippen LogP contribution in [-0.4, -0.2) is 34.6 Å². The molecule has 1 fully saturated rings. The Balaban J connectivity index is 2.40. The first-order valence-electron chi connectivity index (χ1n) is 7.56. The molecule has 1 aliphatic heterocycles. The van der Waals surface area contributed by atoms with Gasteiger partial charge in [-0.3, -0.25) is 19.8 Å². The molecule has 0 aliphatic carbocycles. The lowest BCUT2D eigenvalue weighted by Crippen LogP contribution is -2.70. The van der Waals surface area contributed by atoms with Gasteiger partial charge in [0, 0.05) is 10.4 Å². The second-order valence-electron chi connectivity index (χ2n) is 6.86. The maximum Gasteiger partial charge on any atom is 0.440 e. The zero-order chi connectivity index (χ0) is 19.9. The molecule has 0 bridgehead atoms. The predicted molar refractivity (Wildman–Crippen MR) is 86.9 cm³/mol. The van der Waals surface area contributed by atoms with Crippen LogP contribution in [-0.2, 0) is 16.1 Å². The van der Waals surface area contributed by atoms with Crippen LogP contribution in [0.5, 0.6) is 0 Å². The van der Waals surface area contributed by atoms with Gasteiger partial charge in [-0.1, -0.05) is 50.6 Å². The number of amides is 4. The minimum Gasteiger partial charge on any atom is -0.317 e. The largest absolute Gasteiger partial charge is 0.440 e. The standard InChI is InChI=1S/C16H17ClF3N3O3/c1-14(2,3)11(24)21-15(16(18,19)20)12(25)23(13(26)22-15)8-9-6-4-5-7-10(9)17/h4-7H,8H2,1-3H3,(H,21,24)(H,22,26)/t15-/m0/s1. The molecule has 1 aromatic carbocycles. The number of urea groups is 1. The van der Waals surface area contributed by atoms with E-state index in [0.717, 1.165) is 0 Å². The molecule has 0 saturated carbocycles. The highest BCUT2D eigenvalue weighted by molar-refractivity contribution is 6.31. The van der Waals surface area contributed by atoms with Crippen molar-refractivity contribution in [3.8, 4) is 0 Å². The molecule has 0 aromatic heterocycles. The number of carbonyl (C=O) groups excluding carboxylic acids is 3. The summed E-state index contributed by atoms with van der Waals surface area (Å²) < 4.78 is 41.0. The average Bonchev–Trinajstić information content (AvgIpc) is 2.73. The summed E-state index contributed by atoms with van der Waals surface area (Å²) in [7, 11) is 0. The molecule has 1 aliphatic rings. The Morgan fingerprint density at radius 2 is 1.81 bits per heavy atom. The fraction of sp³-hybridized carbons (Fsp3) is 0.438. The van der Waals surface area contributed by atoms with Crippen molar-refractivity contribution >= 4 is 29.4 Å². The van der Waals surface area contributed by atoms with Crippen molar-refractivity contribution in [3.05, 3.63) is 34.9 Å². The van der Waals surface area contributed by atoms with Crippen LogP contribution in [0.4, 0.5) is 18.0 Å². The first-order chi connectivity index (χ1) is 11.8. The Labute approximate surface area is 152 Å². The number of alkyl halides is 3. The third-order valence-electron chi connectivity index (χ3n) is 3.80. The maximum atomic E-state index is 13.7. The Morgan fingerprint density at radius 1 is 1.23 bits per heavy atom. The number of hydrogen-bond donors (Lipinski definition) is 2. The van der Waals surface area contributed by atoms with Crippen LogP contribution >= 0.6 is 11.6 Å². The second-order valence-corrected chi connectivity index (χ2v) is 7.27. The zero-order valence-electron chi connectivity index (χ0n) is 14.2. The molecular weight excluding hydrogens is 375 g/mol. The number of imide groups is 1. The van der Waals surface area contributed by atoms with Gasteiger partial charge in [-0.15, -0.1) is 0 Å². The van der Waals surface area contributed by atoms with Gasteiger partial charge in [0.1, 0.15) is 0 Å². The number of halogens is 4. The number of carbonyl (C=O) groups is 3. The quantitative estimate of drug-likeness (QED) is 0.778. The minimum absolute atomic E-state index is 0.191. The normalized spacial score (nSPS) is 21.0. The van der Waals surface area contributed by atoms with Crippen LogP contribution < -0.4 is 10.6 Å². The van der Waals surface area contributed by atoms with E-state index < -0.39 is 41.6 Å². The van der Waals surface area contributed by atoms with Crippen molar-refractivity contribution < 1.29 is 27.6 Å². The van der Waals surface area contributed by atoms with Crippen molar-refractivity contribution in [1.82, 2.24) is 15.5 Å². The first-order valence-corrected chi connectivity index (χ1v) is 7.94. The smallest absolute Gasteiger partial charge is 0.317 e. The van der Waals surface area contributed by atoms with E-state index in [9.17, 15) is 27.6 Å². The second kappa shape index (κ2) is 6.46. The van der Waals surface area contributed by atoms with Gasteiger partial charge in [-0.05, 0) is 11.6 Å². The number of hydrogen-bond acceptors (Lipinski definition) is 3. The zero-order valence-corrected chi connectivity index (χ0v) is 15.0. The van der Waals surface area contributed by atoms with Crippen molar-refractivity contribution in [1.29, 1.82) is 0 Å². The summed E-state index contributed by atoms with van der Waals surface area (Å²) in [5, 5.41) is 3.44. The molecule has 1 heterocycles. The fourth-order valence-electron chi connectivity index (χ4n) is 2.22. The molecule has 1 atom stereocenters. The molecule has 10 heteroatoms. The lowest BCUT2D eigenvalue weighted by atomic mass is 9.94. The maximum absolute atomic E-state index is 13.7. The molecule has 0 spiro atoms. The van der Waals surface area contributed by atoms with Crippen molar-refractivity contribution in [2.75, 3.05) is 0 Å². The van der Waals surface area contributed by atoms with Gasteiger partial charge < -0.3 is 5.32 Å². The van der Waals surface area contributed by atoms with E-state index in [0.29, 0.717) is 4.90 Å². The van der Waals surface area contributed by atoms with Crippen molar-refractivity contribution in [2.24, 2.45) is 5.41 Å². The molecule has 0 unspecified atom stereocenters. The molecule has 0 radical (unpaired) electrons. The molecule has 142 valence electrons. The fourth-order valence-corrected chi connectivity index (χ4v) is 2.42. The van der Waals surface area contributed by atoms with E-state index in [1.807, 2.05) is 0 Å². The van der Waals surface area contributed by atoms with Gasteiger partial charge in [0.15, 0.2) is 0 Å². The molecule has 26 heavy (non-hydrogen) atoms. The summed E-state index contributed by atoms with van der Waals surface area (Å²) >= 11 is 5.94. The number of benzene rings is 1. The number of nitrogens with one attached hydrogen (secondary N) is 2. The van der Waals surface area contributed by atoms with Gasteiger partial charge in [-0.25, -0.2) is 4.79 Å². The summed E-state index contributed by atoms with van der Waals surface area (Å²) in [5.41, 5.74) is -4.44. The lowest BCUT2D eigenvalue weighted by molar-refractivity contribution is -0.205. The third-order valence-corrected chi connectivity index (χ3v) is 4.17. The molecule has 6 nitrogen and oxygen atoms in total. The summed E-state index contributed by atoms with van der Waals surface area (Å²) in [6.07, 6.45) is -5.24. The highest BCUT2D eigenvalue weighted by Crippen LogP contribution is 2.35. The summed E-state index contributed by atoms with van der Waals surface area (Å²) in [6, 6.07) is 4.85. The van der Waals surface area contributed by atoms with Gasteiger partial charge in [0.25, 0.3) is 11.6 Å². The van der Waals surface area contributed by atoms with Gasteiger partial charge in [0.2, 0.25) is 5.91 Å². The van der Waals surface area contributed by atoms with E-state index in [2.05, 4.69) is 0 Å². The topological polar surface area (TPSA) is 78.5 Å². The van der Waals surface area contributed by atoms with E-state index in [1.165, 1.54) is 32.9 Å². The molecular formula is C16H17ClF3N3O3. The number of nitrogens with zero attached hydrogens (tertiary/aromatic N) is 1. The van der Waals surface area contributed by atoms with Crippen LogP contribution in [0.25, 0.3) is 0 Å². The summed E-state index contributed by atoms with van der Waals surface area (Å²) in [6.45, 7) is 3.69. The number of rotatable bonds is 3. The van der Waals surface area contributed by atoms with Crippen LogP contribution in [0.15, 0.2) is 24.3 Å². The van der Waals surface area contributed by atoms with E-state index >= 15 is 0 Å². The van der Waals surface area contributed by atoms with Gasteiger partial charge in [0.05, 0.1) is 6.54 Å². The highest BCUT2D eigenvalue weighted by atomic mass is 35.5. The van der Waals surface area contributed by atoms with E-state index in [1.54, 1.807) is 22.8 Å². The summed E-state index contributed by atoms with van der Waals surface area (Å²) in [4.78, 5) is 37.1. The van der Waals surface area contributed by atoms with Gasteiger partial charge >= 0.3 is 12.2 Å². The SMILES string of the molecule is CC(C)(C)C(=O)N[C@]1(C(F)(F)F)NC(=O)N(Cc2ccccc2Cl)C1=O. The Hall–Kier alpha value is -2.29. The highest BCUT2D eigenvalue weighted by Gasteiger charge is 2.69. The molecule has 4 amide bonds. The van der Waals surface area contributed by atoms with E-state index in [4.69, 9.17) is 11.6 Å². The lowest BCUT2D eigenvalue weighted by Gasteiger charge is -2.32.